The van der Waals surface area contributed by atoms with Crippen LogP contribution >= 0.6 is 0 Å². The van der Waals surface area contributed by atoms with Gasteiger partial charge in [-0.3, -0.25) is 9.59 Å². The largest absolute Gasteiger partial charge is 0.468 e. The smallest absolute Gasteiger partial charge is 0.316 e. The highest BCUT2D eigenvalue weighted by Crippen LogP contribution is 2.38. The monoisotopic (exact) mass is 230 g/mol. The molecule has 1 aromatic carbocycles. The second-order valence-corrected chi connectivity index (χ2v) is 4.19. The maximum absolute atomic E-state index is 12.0. The lowest BCUT2D eigenvalue weighted by molar-refractivity contribution is -0.147. The van der Waals surface area contributed by atoms with E-state index in [0.29, 0.717) is 18.4 Å². The first-order chi connectivity index (χ1) is 8.23. The van der Waals surface area contributed by atoms with E-state index in [1.165, 1.54) is 7.11 Å². The van der Waals surface area contributed by atoms with Crippen LogP contribution in [-0.2, 0) is 14.9 Å². The number of benzene rings is 1. The van der Waals surface area contributed by atoms with Gasteiger partial charge in [0.25, 0.3) is 0 Å². The van der Waals surface area contributed by atoms with Gasteiger partial charge in [-0.05, 0) is 18.4 Å². The molecule has 0 radical (unpaired) electrons. The molecule has 17 heavy (non-hydrogen) atoms. The summed E-state index contributed by atoms with van der Waals surface area (Å²) in [4.78, 5) is 22.6. The first kappa shape index (κ1) is 11.6. The summed E-state index contributed by atoms with van der Waals surface area (Å²) in [6.07, 6.45) is 6.08. The molecular weight excluding hydrogens is 216 g/mol. The zero-order chi connectivity index (χ0) is 12.3. The highest BCUT2D eigenvalue weighted by Gasteiger charge is 2.41. The van der Waals surface area contributed by atoms with Gasteiger partial charge in [0, 0.05) is 5.56 Å². The number of methoxy groups -OCH3 is 1. The average Bonchev–Trinajstić information content (AvgIpc) is 2.88. The van der Waals surface area contributed by atoms with E-state index in [1.54, 1.807) is 12.1 Å². The van der Waals surface area contributed by atoms with Gasteiger partial charge in [-0.1, -0.05) is 36.4 Å². The maximum Gasteiger partial charge on any atom is 0.316 e. The topological polar surface area (TPSA) is 43.4 Å². The Balaban J connectivity index is 2.39. The second-order valence-electron chi connectivity index (χ2n) is 4.19. The van der Waals surface area contributed by atoms with Crippen LogP contribution in [0.5, 0.6) is 0 Å². The van der Waals surface area contributed by atoms with E-state index < -0.39 is 5.41 Å². The normalized spacial score (nSPS) is 16.8. The summed E-state index contributed by atoms with van der Waals surface area (Å²) in [6.45, 7) is 0. The Morgan fingerprint density at radius 1 is 1.24 bits per heavy atom. The standard InChI is InChI=1S/C14H14O3/c1-17-13(16)14(8-2-3-9-14)12-6-4-11(10-15)5-7-12/h2-7,10H,8-9H2,1H3. The minimum Gasteiger partial charge on any atom is -0.468 e. The number of aldehydes is 1. The third-order valence-corrected chi connectivity index (χ3v) is 3.27. The molecule has 0 aromatic heterocycles. The van der Waals surface area contributed by atoms with Crippen molar-refractivity contribution >= 4 is 12.3 Å². The van der Waals surface area contributed by atoms with Crippen LogP contribution in [0.15, 0.2) is 36.4 Å². The SMILES string of the molecule is COC(=O)C1(c2ccc(C=O)cc2)CC=CC1. The Morgan fingerprint density at radius 2 is 1.82 bits per heavy atom. The summed E-state index contributed by atoms with van der Waals surface area (Å²) in [5, 5.41) is 0. The number of ether oxygens (including phenoxy) is 1. The van der Waals surface area contributed by atoms with Crippen molar-refractivity contribution in [2.75, 3.05) is 7.11 Å². The van der Waals surface area contributed by atoms with Crippen molar-refractivity contribution in [2.45, 2.75) is 18.3 Å². The van der Waals surface area contributed by atoms with Gasteiger partial charge in [0.1, 0.15) is 6.29 Å². The van der Waals surface area contributed by atoms with Crippen molar-refractivity contribution in [1.82, 2.24) is 0 Å². The van der Waals surface area contributed by atoms with Crippen LogP contribution in [0.2, 0.25) is 0 Å². The van der Waals surface area contributed by atoms with Gasteiger partial charge in [0.2, 0.25) is 0 Å². The highest BCUT2D eigenvalue weighted by atomic mass is 16.5. The summed E-state index contributed by atoms with van der Waals surface area (Å²) < 4.78 is 4.90. The molecule has 0 saturated heterocycles. The lowest BCUT2D eigenvalue weighted by Crippen LogP contribution is -2.34. The van der Waals surface area contributed by atoms with E-state index >= 15 is 0 Å². The molecule has 0 amide bonds. The second kappa shape index (κ2) is 4.53. The molecule has 3 nitrogen and oxygen atoms in total. The molecule has 0 heterocycles. The van der Waals surface area contributed by atoms with Crippen LogP contribution in [0.25, 0.3) is 0 Å². The summed E-state index contributed by atoms with van der Waals surface area (Å²) in [5.74, 6) is -0.221. The summed E-state index contributed by atoms with van der Waals surface area (Å²) in [7, 11) is 1.40. The van der Waals surface area contributed by atoms with Gasteiger partial charge in [-0.25, -0.2) is 0 Å². The summed E-state index contributed by atoms with van der Waals surface area (Å²) >= 11 is 0. The zero-order valence-corrected chi connectivity index (χ0v) is 9.68. The number of rotatable bonds is 3. The number of carbonyl (C=O) groups is 2. The van der Waals surface area contributed by atoms with Crippen LogP contribution in [0.1, 0.15) is 28.8 Å². The molecule has 0 atom stereocenters. The molecule has 0 unspecified atom stereocenters. The number of allylic oxidation sites excluding steroid dienone is 2. The molecule has 1 aromatic rings. The quantitative estimate of drug-likeness (QED) is 0.454. The molecule has 0 bridgehead atoms. The van der Waals surface area contributed by atoms with Crippen molar-refractivity contribution in [1.29, 1.82) is 0 Å². The molecule has 1 aliphatic carbocycles. The Kier molecular flexibility index (Phi) is 3.09. The zero-order valence-electron chi connectivity index (χ0n) is 9.68. The third kappa shape index (κ3) is 1.88. The van der Waals surface area contributed by atoms with Gasteiger partial charge >= 0.3 is 5.97 Å². The number of carbonyl (C=O) groups excluding carboxylic acids is 2. The lowest BCUT2D eigenvalue weighted by atomic mass is 9.78. The van der Waals surface area contributed by atoms with Gasteiger partial charge in [0.15, 0.2) is 0 Å². The Morgan fingerprint density at radius 3 is 2.29 bits per heavy atom. The number of esters is 1. The molecule has 0 spiro atoms. The van der Waals surface area contributed by atoms with Gasteiger partial charge in [-0.2, -0.15) is 0 Å². The summed E-state index contributed by atoms with van der Waals surface area (Å²) in [5.41, 5.74) is 0.913. The predicted octanol–water partition coefficient (Wildman–Crippen LogP) is 2.26. The van der Waals surface area contributed by atoms with E-state index in [9.17, 15) is 9.59 Å². The lowest BCUT2D eigenvalue weighted by Gasteiger charge is -2.26. The molecule has 0 aliphatic heterocycles. The Labute approximate surface area is 100 Å². The first-order valence-corrected chi connectivity index (χ1v) is 5.52. The van der Waals surface area contributed by atoms with Gasteiger partial charge < -0.3 is 4.74 Å². The average molecular weight is 230 g/mol. The van der Waals surface area contributed by atoms with Gasteiger partial charge in [0.05, 0.1) is 12.5 Å². The highest BCUT2D eigenvalue weighted by molar-refractivity contribution is 5.85. The van der Waals surface area contributed by atoms with Crippen molar-refractivity contribution in [3.63, 3.8) is 0 Å². The third-order valence-electron chi connectivity index (χ3n) is 3.27. The van der Waals surface area contributed by atoms with E-state index in [4.69, 9.17) is 4.74 Å². The maximum atomic E-state index is 12.0. The predicted molar refractivity (Wildman–Crippen MR) is 63.9 cm³/mol. The fraction of sp³-hybridized carbons (Fsp3) is 0.286. The summed E-state index contributed by atoms with van der Waals surface area (Å²) in [6, 6.07) is 7.11. The molecular formula is C14H14O3. The Bertz CT molecular complexity index is 449. The van der Waals surface area contributed by atoms with Crippen LogP contribution in [0.4, 0.5) is 0 Å². The van der Waals surface area contributed by atoms with E-state index in [0.717, 1.165) is 11.8 Å². The van der Waals surface area contributed by atoms with Gasteiger partial charge in [-0.15, -0.1) is 0 Å². The molecule has 0 saturated carbocycles. The molecule has 0 N–H and O–H groups in total. The number of hydrogen-bond acceptors (Lipinski definition) is 3. The van der Waals surface area contributed by atoms with E-state index in [2.05, 4.69) is 0 Å². The number of hydrogen-bond donors (Lipinski definition) is 0. The van der Waals surface area contributed by atoms with Crippen LogP contribution in [0, 0.1) is 0 Å². The molecule has 88 valence electrons. The van der Waals surface area contributed by atoms with Crippen LogP contribution in [0.3, 0.4) is 0 Å². The Hall–Kier alpha value is -1.90. The van der Waals surface area contributed by atoms with Crippen molar-refractivity contribution in [3.8, 4) is 0 Å². The minimum atomic E-state index is -0.601. The van der Waals surface area contributed by atoms with Crippen LogP contribution < -0.4 is 0 Å². The fourth-order valence-corrected chi connectivity index (χ4v) is 2.25. The molecule has 2 rings (SSSR count). The molecule has 3 heteroatoms. The van der Waals surface area contributed by atoms with E-state index in [1.807, 2.05) is 24.3 Å². The van der Waals surface area contributed by atoms with Crippen molar-refractivity contribution in [3.05, 3.63) is 47.5 Å². The van der Waals surface area contributed by atoms with Crippen LogP contribution in [-0.4, -0.2) is 19.4 Å². The first-order valence-electron chi connectivity index (χ1n) is 5.52. The van der Waals surface area contributed by atoms with Crippen molar-refractivity contribution in [2.24, 2.45) is 0 Å². The minimum absolute atomic E-state index is 0.221. The fourth-order valence-electron chi connectivity index (χ4n) is 2.25. The molecule has 1 aliphatic rings. The van der Waals surface area contributed by atoms with Crippen molar-refractivity contribution < 1.29 is 14.3 Å². The molecule has 0 fully saturated rings. The van der Waals surface area contributed by atoms with E-state index in [-0.39, 0.29) is 5.97 Å².